The van der Waals surface area contributed by atoms with Gasteiger partial charge in [0, 0.05) is 34.1 Å². The molecule has 5 aromatic rings. The molecule has 3 amide bonds. The molecule has 2 fully saturated rings. The highest BCUT2D eigenvalue weighted by Gasteiger charge is 2.66. The molecule has 4 aliphatic rings. The van der Waals surface area contributed by atoms with Crippen molar-refractivity contribution in [2.45, 2.75) is 69.1 Å². The number of amides is 3. The van der Waals surface area contributed by atoms with Gasteiger partial charge in [0.1, 0.15) is 5.75 Å². The van der Waals surface area contributed by atoms with E-state index in [0.29, 0.717) is 28.4 Å². The number of aliphatic hydroxyl groups is 1. The Kier molecular flexibility index (Phi) is 9.31. The number of ether oxygens (including phenoxy) is 2. The van der Waals surface area contributed by atoms with E-state index in [2.05, 4.69) is 32.2 Å². The minimum absolute atomic E-state index is 0.0648. The van der Waals surface area contributed by atoms with Crippen LogP contribution in [0, 0.1) is 5.92 Å². The summed E-state index contributed by atoms with van der Waals surface area (Å²) in [6.07, 6.45) is 1.14. The van der Waals surface area contributed by atoms with Crippen LogP contribution in [0.2, 0.25) is 23.7 Å². The van der Waals surface area contributed by atoms with Gasteiger partial charge in [-0.15, -0.1) is 0 Å². The van der Waals surface area contributed by atoms with Gasteiger partial charge in [-0.3, -0.25) is 19.3 Å². The number of fused-ring (bicyclic) bond motifs is 2. The van der Waals surface area contributed by atoms with Crippen molar-refractivity contribution in [2.24, 2.45) is 5.92 Å². The Bertz CT molecular complexity index is 2430. The van der Waals surface area contributed by atoms with Crippen LogP contribution >= 0.6 is 11.6 Å². The van der Waals surface area contributed by atoms with Crippen molar-refractivity contribution >= 4 is 70.4 Å². The number of likely N-dealkylation sites (tertiary alicyclic amines) is 1. The second kappa shape index (κ2) is 14.1. The van der Waals surface area contributed by atoms with Gasteiger partial charge in [-0.1, -0.05) is 85.3 Å². The Morgan fingerprint density at radius 1 is 0.965 bits per heavy atom. The molecular formula is C46H46ClN3O6Si. The maximum Gasteiger partial charge on any atom is 0.264 e. The van der Waals surface area contributed by atoms with E-state index >= 15 is 4.79 Å². The van der Waals surface area contributed by atoms with E-state index in [4.69, 9.17) is 21.1 Å². The normalized spacial score (nSPS) is 24.0. The van der Waals surface area contributed by atoms with Crippen LogP contribution in [0.25, 0.3) is 10.8 Å². The summed E-state index contributed by atoms with van der Waals surface area (Å²) in [4.78, 5) is 48.8. The lowest BCUT2D eigenvalue weighted by Crippen LogP contribution is -2.52. The van der Waals surface area contributed by atoms with Crippen LogP contribution < -0.4 is 19.7 Å². The Labute approximate surface area is 338 Å². The van der Waals surface area contributed by atoms with Gasteiger partial charge >= 0.3 is 0 Å². The fourth-order valence-electron chi connectivity index (χ4n) is 10.4. The van der Waals surface area contributed by atoms with Crippen LogP contribution in [0.4, 0.5) is 17.1 Å². The summed E-state index contributed by atoms with van der Waals surface area (Å²) < 4.78 is 12.7. The van der Waals surface area contributed by atoms with Crippen molar-refractivity contribution in [3.63, 3.8) is 0 Å². The molecule has 0 aliphatic carbocycles. The third-order valence-corrected chi connectivity index (χ3v) is 17.7. The van der Waals surface area contributed by atoms with Crippen molar-refractivity contribution < 1.29 is 29.0 Å². The Morgan fingerprint density at radius 2 is 1.72 bits per heavy atom. The minimum atomic E-state index is -2.51. The molecule has 1 N–H and O–H groups in total. The molecular weight excluding hydrogens is 754 g/mol. The monoisotopic (exact) mass is 799 g/mol. The van der Waals surface area contributed by atoms with Gasteiger partial charge in [0.25, 0.3) is 11.8 Å². The molecule has 9 nitrogen and oxygen atoms in total. The first-order valence-corrected chi connectivity index (χ1v) is 23.2. The SMILES string of the molecule is COc1ccc([Si](C)(C)[C@@H]2[C@@H](CC(=O)N3CCC[C@H]3CO)O[C@]3(C(=O)N(Cc4cccc(N5C(=O)c6cccc7cccc5c67)c4)c4ccc(Cl)cc43)[C@H]2C)cc1. The molecule has 0 saturated carbocycles. The molecule has 1 spiro atoms. The molecule has 9 rings (SSSR count). The zero-order valence-corrected chi connectivity index (χ0v) is 34.3. The zero-order chi connectivity index (χ0) is 39.8. The maximum absolute atomic E-state index is 15.4. The van der Waals surface area contributed by atoms with Gasteiger partial charge in [-0.2, -0.15) is 0 Å². The Morgan fingerprint density at radius 3 is 2.47 bits per heavy atom. The molecule has 4 heterocycles. The highest BCUT2D eigenvalue weighted by atomic mass is 35.5. The molecule has 57 heavy (non-hydrogen) atoms. The van der Waals surface area contributed by atoms with Crippen LogP contribution in [0.15, 0.2) is 103 Å². The van der Waals surface area contributed by atoms with E-state index in [9.17, 15) is 14.7 Å². The number of carbonyl (C=O) groups is 3. The molecule has 0 bridgehead atoms. The average Bonchev–Trinajstić information content (AvgIpc) is 3.95. The fraction of sp³-hybridized carbons (Fsp3) is 0.326. The van der Waals surface area contributed by atoms with Gasteiger partial charge in [-0.25, -0.2) is 0 Å². The van der Waals surface area contributed by atoms with E-state index in [0.717, 1.165) is 46.3 Å². The molecule has 5 atom stereocenters. The Hall–Kier alpha value is -5.00. The number of halogens is 1. The average molecular weight is 800 g/mol. The van der Waals surface area contributed by atoms with Crippen LogP contribution in [-0.2, 0) is 26.5 Å². The molecule has 5 aromatic carbocycles. The first kappa shape index (κ1) is 37.6. The highest BCUT2D eigenvalue weighted by molar-refractivity contribution is 6.91. The van der Waals surface area contributed by atoms with Gasteiger partial charge in [0.05, 0.1) is 63.8 Å². The van der Waals surface area contributed by atoms with Crippen LogP contribution in [-0.4, -0.2) is 68.2 Å². The predicted molar refractivity (Wildman–Crippen MR) is 226 cm³/mol. The number of hydrogen-bond donors (Lipinski definition) is 1. The number of methoxy groups -OCH3 is 1. The van der Waals surface area contributed by atoms with E-state index in [1.165, 1.54) is 5.19 Å². The largest absolute Gasteiger partial charge is 0.497 e. The standard InChI is InChI=1S/C46H46ClN3O6Si/c1-28-43(57(3,4)35-19-17-34(55-2)18-20-35)40(25-41(52)48-22-8-13-33(48)27-51)56-46(28)37-24-31(47)16-21-38(37)49(45(46)54)26-29-9-5-12-32(23-29)50-39-15-7-11-30-10-6-14-36(42(30)39)44(50)53/h5-7,9-12,14-21,23-24,28,33,40,43,51H,8,13,22,25-27H2,1-4H3/t28-,33-,40+,43-,46+/m0/s1. The number of rotatable bonds is 9. The lowest BCUT2D eigenvalue weighted by molar-refractivity contribution is -0.150. The second-order valence-corrected chi connectivity index (χ2v) is 21.6. The lowest BCUT2D eigenvalue weighted by atomic mass is 9.82. The third-order valence-electron chi connectivity index (χ3n) is 13.1. The van der Waals surface area contributed by atoms with Gasteiger partial charge in [-0.05, 0) is 83.9 Å². The molecule has 11 heteroatoms. The van der Waals surface area contributed by atoms with Crippen molar-refractivity contribution in [1.82, 2.24) is 4.90 Å². The Balaban J connectivity index is 1.09. The predicted octanol–water partition coefficient (Wildman–Crippen LogP) is 7.93. The number of benzene rings is 5. The van der Waals surface area contributed by atoms with Crippen LogP contribution in [0.5, 0.6) is 5.75 Å². The number of hydrogen-bond acceptors (Lipinski definition) is 6. The summed E-state index contributed by atoms with van der Waals surface area (Å²) in [5, 5.41) is 13.7. The van der Waals surface area contributed by atoms with Crippen molar-refractivity contribution in [3.8, 4) is 5.75 Å². The summed E-state index contributed by atoms with van der Waals surface area (Å²) in [7, 11) is -0.863. The first-order chi connectivity index (χ1) is 27.5. The lowest BCUT2D eigenvalue weighted by Gasteiger charge is -2.37. The third kappa shape index (κ3) is 5.82. The van der Waals surface area contributed by atoms with Crippen molar-refractivity contribution in [1.29, 1.82) is 0 Å². The second-order valence-electron chi connectivity index (χ2n) is 16.5. The van der Waals surface area contributed by atoms with Gasteiger partial charge < -0.3 is 24.4 Å². The molecule has 0 radical (unpaired) electrons. The smallest absolute Gasteiger partial charge is 0.264 e. The summed E-state index contributed by atoms with van der Waals surface area (Å²) >= 11 is 6.75. The topological polar surface area (TPSA) is 99.6 Å². The number of aliphatic hydroxyl groups excluding tert-OH is 1. The van der Waals surface area contributed by atoms with Gasteiger partial charge in [0.2, 0.25) is 5.91 Å². The van der Waals surface area contributed by atoms with E-state index in [1.54, 1.807) is 27.9 Å². The fourth-order valence-corrected chi connectivity index (χ4v) is 14.6. The summed E-state index contributed by atoms with van der Waals surface area (Å²) in [6.45, 7) is 7.43. The van der Waals surface area contributed by atoms with Crippen LogP contribution in [0.3, 0.4) is 0 Å². The van der Waals surface area contributed by atoms with Crippen molar-refractivity contribution in [3.05, 3.63) is 125 Å². The number of nitrogens with zero attached hydrogens (tertiary/aromatic N) is 3. The quantitative estimate of drug-likeness (QED) is 0.152. The summed E-state index contributed by atoms with van der Waals surface area (Å²) in [6, 6.07) is 33.0. The van der Waals surface area contributed by atoms with E-state index in [1.807, 2.05) is 84.9 Å². The molecule has 4 aliphatic heterocycles. The van der Waals surface area contributed by atoms with Crippen LogP contribution in [0.1, 0.15) is 47.7 Å². The first-order valence-electron chi connectivity index (χ1n) is 19.8. The molecule has 0 unspecified atom stereocenters. The number of carbonyl (C=O) groups excluding carboxylic acids is 3. The molecule has 292 valence electrons. The van der Waals surface area contributed by atoms with Crippen molar-refractivity contribution in [2.75, 3.05) is 30.1 Å². The maximum atomic E-state index is 15.4. The molecule has 2 saturated heterocycles. The number of anilines is 3. The van der Waals surface area contributed by atoms with E-state index in [-0.39, 0.29) is 54.8 Å². The zero-order valence-electron chi connectivity index (χ0n) is 32.6. The highest BCUT2D eigenvalue weighted by Crippen LogP contribution is 2.60. The van der Waals surface area contributed by atoms with Gasteiger partial charge in [0.15, 0.2) is 5.60 Å². The summed E-state index contributed by atoms with van der Waals surface area (Å²) in [5.74, 6) is 0.0916. The molecule has 0 aromatic heterocycles. The minimum Gasteiger partial charge on any atom is -0.497 e. The van der Waals surface area contributed by atoms with E-state index < -0.39 is 19.8 Å². The summed E-state index contributed by atoms with van der Waals surface area (Å²) in [5.41, 5.74) is 2.95.